The molecule has 0 aromatic carbocycles. The molecule has 0 aliphatic heterocycles. The van der Waals surface area contributed by atoms with Crippen LogP contribution in [0.3, 0.4) is 0 Å². The van der Waals surface area contributed by atoms with Gasteiger partial charge in [0.2, 0.25) is 0 Å². The number of hydrogen-bond donors (Lipinski definition) is 3. The van der Waals surface area contributed by atoms with E-state index >= 15 is 0 Å². The summed E-state index contributed by atoms with van der Waals surface area (Å²) >= 11 is 0. The number of hydrogen-bond acceptors (Lipinski definition) is 3. The topological polar surface area (TPSA) is 83.5 Å². The largest absolute Gasteiger partial charge is 0.481 e. The van der Waals surface area contributed by atoms with Crippen LogP contribution in [0.15, 0.2) is 0 Å². The number of carbonyl (C=O) groups is 1. The molecular formula is C11H21NO3. The molecule has 1 saturated carbocycles. The summed E-state index contributed by atoms with van der Waals surface area (Å²) in [5.74, 6) is -1.32. The van der Waals surface area contributed by atoms with Crippen molar-refractivity contribution in [3.63, 3.8) is 0 Å². The maximum atomic E-state index is 10.9. The summed E-state index contributed by atoms with van der Waals surface area (Å²) in [4.78, 5) is 10.9. The molecule has 1 rings (SSSR count). The second kappa shape index (κ2) is 5.47. The van der Waals surface area contributed by atoms with Gasteiger partial charge in [0, 0.05) is 0 Å². The third-order valence-corrected chi connectivity index (χ3v) is 3.27. The molecule has 0 aromatic heterocycles. The number of nitrogens with two attached hydrogens (primary N) is 1. The molecule has 0 bridgehead atoms. The van der Waals surface area contributed by atoms with Gasteiger partial charge in [0.05, 0.1) is 11.5 Å². The molecule has 1 aliphatic rings. The lowest BCUT2D eigenvalue weighted by atomic mass is 9.78. The monoisotopic (exact) mass is 215 g/mol. The zero-order valence-electron chi connectivity index (χ0n) is 9.11. The molecule has 0 saturated heterocycles. The first-order chi connectivity index (χ1) is 7.07. The summed E-state index contributed by atoms with van der Waals surface area (Å²) < 4.78 is 0. The Bertz CT molecular complexity index is 212. The molecule has 1 aliphatic carbocycles. The third kappa shape index (κ3) is 3.80. The molecule has 4 heteroatoms. The van der Waals surface area contributed by atoms with E-state index in [1.807, 2.05) is 0 Å². The first kappa shape index (κ1) is 12.5. The fraction of sp³-hybridized carbons (Fsp3) is 0.909. The lowest BCUT2D eigenvalue weighted by Crippen LogP contribution is -2.36. The van der Waals surface area contributed by atoms with E-state index in [2.05, 4.69) is 0 Å². The Hall–Kier alpha value is -0.610. The van der Waals surface area contributed by atoms with Crippen molar-refractivity contribution in [3.8, 4) is 0 Å². The highest BCUT2D eigenvalue weighted by Gasteiger charge is 2.34. The van der Waals surface area contributed by atoms with Gasteiger partial charge in [0.15, 0.2) is 0 Å². The van der Waals surface area contributed by atoms with Crippen LogP contribution in [0.5, 0.6) is 0 Å². The molecule has 88 valence electrons. The van der Waals surface area contributed by atoms with E-state index < -0.39 is 17.5 Å². The van der Waals surface area contributed by atoms with Gasteiger partial charge in [-0.1, -0.05) is 19.3 Å². The summed E-state index contributed by atoms with van der Waals surface area (Å²) in [6.45, 7) is 0.368. The van der Waals surface area contributed by atoms with E-state index in [0.29, 0.717) is 19.4 Å². The number of carboxylic acids is 1. The second-order valence-corrected chi connectivity index (χ2v) is 4.60. The molecule has 0 spiro atoms. The zero-order chi connectivity index (χ0) is 11.3. The SMILES string of the molecule is NCCC(CC1(O)CCCCC1)C(=O)O. The number of aliphatic carboxylic acids is 1. The molecule has 0 aromatic rings. The Morgan fingerprint density at radius 3 is 2.40 bits per heavy atom. The van der Waals surface area contributed by atoms with Crippen molar-refractivity contribution in [1.29, 1.82) is 0 Å². The van der Waals surface area contributed by atoms with Gasteiger partial charge in [-0.25, -0.2) is 0 Å². The third-order valence-electron chi connectivity index (χ3n) is 3.27. The number of rotatable bonds is 5. The molecular weight excluding hydrogens is 194 g/mol. The highest BCUT2D eigenvalue weighted by molar-refractivity contribution is 5.70. The molecule has 0 amide bonds. The van der Waals surface area contributed by atoms with E-state index in [9.17, 15) is 9.90 Å². The molecule has 15 heavy (non-hydrogen) atoms. The lowest BCUT2D eigenvalue weighted by Gasteiger charge is -2.34. The van der Waals surface area contributed by atoms with Gasteiger partial charge in [0.1, 0.15) is 0 Å². The van der Waals surface area contributed by atoms with Gasteiger partial charge in [-0.15, -0.1) is 0 Å². The first-order valence-corrected chi connectivity index (χ1v) is 5.73. The van der Waals surface area contributed by atoms with Crippen molar-refractivity contribution < 1.29 is 15.0 Å². The smallest absolute Gasteiger partial charge is 0.306 e. The predicted octanol–water partition coefficient (Wildman–Crippen LogP) is 1.12. The number of aliphatic hydroxyl groups is 1. The van der Waals surface area contributed by atoms with Crippen molar-refractivity contribution in [1.82, 2.24) is 0 Å². The van der Waals surface area contributed by atoms with Crippen LogP contribution in [0.25, 0.3) is 0 Å². The molecule has 1 unspecified atom stereocenters. The zero-order valence-corrected chi connectivity index (χ0v) is 9.11. The Balaban J connectivity index is 2.51. The van der Waals surface area contributed by atoms with Gasteiger partial charge in [-0.2, -0.15) is 0 Å². The van der Waals surface area contributed by atoms with Crippen molar-refractivity contribution in [2.45, 2.75) is 50.5 Å². The van der Waals surface area contributed by atoms with Crippen LogP contribution in [-0.2, 0) is 4.79 Å². The van der Waals surface area contributed by atoms with E-state index in [1.165, 1.54) is 0 Å². The Morgan fingerprint density at radius 1 is 1.33 bits per heavy atom. The molecule has 1 atom stereocenters. The van der Waals surface area contributed by atoms with Gasteiger partial charge in [-0.3, -0.25) is 4.79 Å². The predicted molar refractivity (Wildman–Crippen MR) is 57.4 cm³/mol. The van der Waals surface area contributed by atoms with Crippen LogP contribution >= 0.6 is 0 Å². The van der Waals surface area contributed by atoms with Crippen LogP contribution in [0, 0.1) is 5.92 Å². The van der Waals surface area contributed by atoms with E-state index in [0.717, 1.165) is 32.1 Å². The average molecular weight is 215 g/mol. The van der Waals surface area contributed by atoms with E-state index in [1.54, 1.807) is 0 Å². The highest BCUT2D eigenvalue weighted by atomic mass is 16.4. The molecule has 1 fully saturated rings. The van der Waals surface area contributed by atoms with E-state index in [4.69, 9.17) is 10.8 Å². The van der Waals surface area contributed by atoms with Gasteiger partial charge >= 0.3 is 5.97 Å². The van der Waals surface area contributed by atoms with Crippen LogP contribution in [-0.4, -0.2) is 28.3 Å². The van der Waals surface area contributed by atoms with Crippen molar-refractivity contribution in [2.24, 2.45) is 11.7 Å². The van der Waals surface area contributed by atoms with Crippen LogP contribution < -0.4 is 5.73 Å². The van der Waals surface area contributed by atoms with Crippen LogP contribution in [0.1, 0.15) is 44.9 Å². The molecule has 0 heterocycles. The van der Waals surface area contributed by atoms with Crippen LogP contribution in [0.2, 0.25) is 0 Å². The second-order valence-electron chi connectivity index (χ2n) is 4.60. The minimum Gasteiger partial charge on any atom is -0.481 e. The minimum absolute atomic E-state index is 0.361. The maximum Gasteiger partial charge on any atom is 0.306 e. The minimum atomic E-state index is -0.834. The van der Waals surface area contributed by atoms with Gasteiger partial charge < -0.3 is 15.9 Å². The quantitative estimate of drug-likeness (QED) is 0.641. The average Bonchev–Trinajstić information content (AvgIpc) is 2.18. The van der Waals surface area contributed by atoms with E-state index in [-0.39, 0.29) is 0 Å². The Kier molecular flexibility index (Phi) is 4.54. The molecule has 0 radical (unpaired) electrons. The normalized spacial score (nSPS) is 22.3. The summed E-state index contributed by atoms with van der Waals surface area (Å²) in [5, 5.41) is 19.2. The Labute approximate surface area is 90.5 Å². The highest BCUT2D eigenvalue weighted by Crippen LogP contribution is 2.34. The summed E-state index contributed by atoms with van der Waals surface area (Å²) in [5.41, 5.74) is 4.62. The first-order valence-electron chi connectivity index (χ1n) is 5.73. The van der Waals surface area contributed by atoms with Gasteiger partial charge in [-0.05, 0) is 32.2 Å². The van der Waals surface area contributed by atoms with Crippen molar-refractivity contribution >= 4 is 5.97 Å². The lowest BCUT2D eigenvalue weighted by molar-refractivity contribution is -0.145. The maximum absolute atomic E-state index is 10.9. The summed E-state index contributed by atoms with van der Waals surface area (Å²) in [7, 11) is 0. The van der Waals surface area contributed by atoms with Crippen molar-refractivity contribution in [3.05, 3.63) is 0 Å². The summed E-state index contributed by atoms with van der Waals surface area (Å²) in [6.07, 6.45) is 5.45. The fourth-order valence-corrected chi connectivity index (χ4v) is 2.39. The van der Waals surface area contributed by atoms with Gasteiger partial charge in [0.25, 0.3) is 0 Å². The Morgan fingerprint density at radius 2 is 1.93 bits per heavy atom. The molecule has 4 nitrogen and oxygen atoms in total. The summed E-state index contributed by atoms with van der Waals surface area (Å²) in [6, 6.07) is 0. The fourth-order valence-electron chi connectivity index (χ4n) is 2.39. The number of carboxylic acid groups (broad SMARTS) is 1. The van der Waals surface area contributed by atoms with Crippen LogP contribution in [0.4, 0.5) is 0 Å². The van der Waals surface area contributed by atoms with Crippen molar-refractivity contribution in [2.75, 3.05) is 6.54 Å². The molecule has 4 N–H and O–H groups in total. The standard InChI is InChI=1S/C11H21NO3/c12-7-4-9(10(13)14)8-11(15)5-2-1-3-6-11/h9,15H,1-8,12H2,(H,13,14).